The summed E-state index contributed by atoms with van der Waals surface area (Å²) in [5.41, 5.74) is 2.73. The summed E-state index contributed by atoms with van der Waals surface area (Å²) < 4.78 is 16.0. The summed E-state index contributed by atoms with van der Waals surface area (Å²) >= 11 is 0. The molecule has 1 aliphatic rings. The number of carbonyl (C=O) groups is 3. The largest absolute Gasteiger partial charge is 0.339 e. The molecule has 0 bridgehead atoms. The third kappa shape index (κ3) is 4.36. The molecule has 2 aromatic heterocycles. The zero-order valence-corrected chi connectivity index (χ0v) is 17.0. The highest BCUT2D eigenvalue weighted by Crippen LogP contribution is 2.28. The van der Waals surface area contributed by atoms with Gasteiger partial charge in [-0.3, -0.25) is 14.4 Å². The summed E-state index contributed by atoms with van der Waals surface area (Å²) in [5.74, 6) is -1.48. The van der Waals surface area contributed by atoms with E-state index in [1.807, 2.05) is 12.1 Å². The predicted octanol–water partition coefficient (Wildman–Crippen LogP) is 2.03. The van der Waals surface area contributed by atoms with E-state index in [0.717, 1.165) is 17.5 Å². The Morgan fingerprint density at radius 3 is 2.77 bits per heavy atom. The van der Waals surface area contributed by atoms with E-state index in [1.54, 1.807) is 30.7 Å². The molecule has 0 spiro atoms. The molecular weight excluding hydrogens is 401 g/mol. The Balaban J connectivity index is 1.57. The monoisotopic (exact) mass is 423 g/mol. The summed E-state index contributed by atoms with van der Waals surface area (Å²) in [7, 11) is 0. The lowest BCUT2D eigenvalue weighted by atomic mass is 10.0. The van der Waals surface area contributed by atoms with Crippen LogP contribution in [0, 0.1) is 0 Å². The van der Waals surface area contributed by atoms with Crippen LogP contribution >= 0.6 is 0 Å². The molecule has 9 heteroatoms. The Bertz CT molecular complexity index is 1140. The van der Waals surface area contributed by atoms with E-state index in [1.165, 1.54) is 11.5 Å². The van der Waals surface area contributed by atoms with Crippen molar-refractivity contribution in [2.45, 2.75) is 38.6 Å². The Morgan fingerprint density at radius 1 is 1.26 bits per heavy atom. The van der Waals surface area contributed by atoms with Crippen molar-refractivity contribution >= 4 is 28.4 Å². The normalized spacial score (nSPS) is 16.9. The fourth-order valence-electron chi connectivity index (χ4n) is 3.81. The number of hydrogen-bond donors (Lipinski definition) is 2. The molecule has 0 aliphatic carbocycles. The molecule has 4 rings (SSSR count). The molecule has 1 saturated heterocycles. The van der Waals surface area contributed by atoms with E-state index in [9.17, 15) is 18.8 Å². The van der Waals surface area contributed by atoms with Gasteiger partial charge in [0, 0.05) is 28.2 Å². The van der Waals surface area contributed by atoms with Crippen molar-refractivity contribution in [3.63, 3.8) is 0 Å². The molecule has 8 nitrogen and oxygen atoms in total. The topological polar surface area (TPSA) is 106 Å². The Kier molecular flexibility index (Phi) is 5.85. The number of aromatic nitrogens is 3. The van der Waals surface area contributed by atoms with Crippen LogP contribution in [-0.2, 0) is 16.1 Å². The molecular formula is C22H22FN5O3. The van der Waals surface area contributed by atoms with Crippen LogP contribution in [0.5, 0.6) is 0 Å². The highest BCUT2D eigenvalue weighted by molar-refractivity contribution is 6.08. The summed E-state index contributed by atoms with van der Waals surface area (Å²) in [6.07, 6.45) is 4.08. The van der Waals surface area contributed by atoms with E-state index in [2.05, 4.69) is 20.8 Å². The van der Waals surface area contributed by atoms with Crippen molar-refractivity contribution in [3.8, 4) is 11.1 Å². The summed E-state index contributed by atoms with van der Waals surface area (Å²) in [4.78, 5) is 36.7. The second-order valence-electron chi connectivity index (χ2n) is 7.58. The first-order chi connectivity index (χ1) is 14.9. The molecule has 1 amide bonds. The molecule has 2 N–H and O–H groups in total. The van der Waals surface area contributed by atoms with Gasteiger partial charge in [0.05, 0.1) is 25.0 Å². The standard InChI is InChI=1S/C22H22FN5O3/c1-13(29)17-11-28(12-20(30)21(23)27-22(31)18-3-2-7-24-18)19-5-4-14(9-16(17)19)15-6-8-25-26-10-15/h4-6,8-11,18,21,24H,2-3,7,12H2,1H3,(H,27,31). The molecule has 2 unspecified atom stereocenters. The van der Waals surface area contributed by atoms with Gasteiger partial charge in [-0.2, -0.15) is 10.2 Å². The SMILES string of the molecule is CC(=O)c1cn(CC(=O)C(F)NC(=O)C2CCCN2)c2ccc(-c3ccnnc3)cc12. The van der Waals surface area contributed by atoms with Gasteiger partial charge in [-0.25, -0.2) is 4.39 Å². The fourth-order valence-corrected chi connectivity index (χ4v) is 3.81. The van der Waals surface area contributed by atoms with Gasteiger partial charge in [0.15, 0.2) is 5.78 Å². The lowest BCUT2D eigenvalue weighted by Gasteiger charge is -2.14. The number of rotatable bonds is 7. The van der Waals surface area contributed by atoms with E-state index in [-0.39, 0.29) is 12.3 Å². The average molecular weight is 423 g/mol. The number of ketones is 2. The zero-order chi connectivity index (χ0) is 22.0. The van der Waals surface area contributed by atoms with Crippen LogP contribution in [0.2, 0.25) is 0 Å². The van der Waals surface area contributed by atoms with Gasteiger partial charge < -0.3 is 15.2 Å². The Labute approximate surface area is 177 Å². The van der Waals surface area contributed by atoms with Gasteiger partial charge in [-0.1, -0.05) is 6.07 Å². The number of hydrogen-bond acceptors (Lipinski definition) is 6. The fraction of sp³-hybridized carbons (Fsp3) is 0.318. The number of halogens is 1. The summed E-state index contributed by atoms with van der Waals surface area (Å²) in [6, 6.07) is 6.79. The Morgan fingerprint density at radius 2 is 2.10 bits per heavy atom. The number of fused-ring (bicyclic) bond motifs is 1. The van der Waals surface area contributed by atoms with Crippen LogP contribution in [-0.4, -0.2) is 51.1 Å². The highest BCUT2D eigenvalue weighted by atomic mass is 19.1. The minimum atomic E-state index is -2.12. The van der Waals surface area contributed by atoms with Crippen LogP contribution in [0.15, 0.2) is 42.9 Å². The Hall–Kier alpha value is -3.46. The predicted molar refractivity (Wildman–Crippen MR) is 112 cm³/mol. The molecule has 0 radical (unpaired) electrons. The first-order valence-electron chi connectivity index (χ1n) is 10.1. The van der Waals surface area contributed by atoms with Gasteiger partial charge in [-0.05, 0) is 50.1 Å². The molecule has 0 saturated carbocycles. The minimum absolute atomic E-state index is 0.168. The number of benzene rings is 1. The van der Waals surface area contributed by atoms with Crippen LogP contribution in [0.4, 0.5) is 4.39 Å². The second kappa shape index (κ2) is 8.73. The molecule has 1 fully saturated rings. The molecule has 1 aromatic carbocycles. The average Bonchev–Trinajstić information content (AvgIpc) is 3.43. The zero-order valence-electron chi connectivity index (χ0n) is 17.0. The molecule has 31 heavy (non-hydrogen) atoms. The third-order valence-corrected chi connectivity index (χ3v) is 5.43. The van der Waals surface area contributed by atoms with Gasteiger partial charge >= 0.3 is 0 Å². The van der Waals surface area contributed by atoms with E-state index >= 15 is 0 Å². The third-order valence-electron chi connectivity index (χ3n) is 5.43. The van der Waals surface area contributed by atoms with Crippen molar-refractivity contribution in [1.29, 1.82) is 0 Å². The maximum atomic E-state index is 14.4. The van der Waals surface area contributed by atoms with E-state index in [4.69, 9.17) is 0 Å². The molecule has 1 aliphatic heterocycles. The summed E-state index contributed by atoms with van der Waals surface area (Å²) in [5, 5.41) is 13.4. The van der Waals surface area contributed by atoms with Crippen LogP contribution in [0.25, 0.3) is 22.0 Å². The van der Waals surface area contributed by atoms with Crippen molar-refractivity contribution in [2.75, 3.05) is 6.54 Å². The first kappa shape index (κ1) is 20.8. The quantitative estimate of drug-likeness (QED) is 0.445. The highest BCUT2D eigenvalue weighted by Gasteiger charge is 2.27. The van der Waals surface area contributed by atoms with E-state index in [0.29, 0.717) is 29.4 Å². The number of nitrogens with one attached hydrogen (secondary N) is 2. The van der Waals surface area contributed by atoms with Gasteiger partial charge in [0.25, 0.3) is 0 Å². The second-order valence-corrected chi connectivity index (χ2v) is 7.58. The van der Waals surface area contributed by atoms with E-state index < -0.39 is 24.0 Å². The number of alkyl halides is 1. The number of nitrogens with zero attached hydrogens (tertiary/aromatic N) is 3. The van der Waals surface area contributed by atoms with Gasteiger partial charge in [-0.15, -0.1) is 0 Å². The lowest BCUT2D eigenvalue weighted by Crippen LogP contribution is -2.47. The maximum Gasteiger partial charge on any atom is 0.239 e. The molecule has 160 valence electrons. The number of carbonyl (C=O) groups excluding carboxylic acids is 3. The van der Waals surface area contributed by atoms with Crippen LogP contribution < -0.4 is 10.6 Å². The summed E-state index contributed by atoms with van der Waals surface area (Å²) in [6.45, 7) is 1.83. The minimum Gasteiger partial charge on any atom is -0.339 e. The van der Waals surface area contributed by atoms with Crippen molar-refractivity contribution in [2.24, 2.45) is 0 Å². The lowest BCUT2D eigenvalue weighted by molar-refractivity contribution is -0.132. The molecule has 3 aromatic rings. The maximum absolute atomic E-state index is 14.4. The van der Waals surface area contributed by atoms with Crippen molar-refractivity contribution in [1.82, 2.24) is 25.4 Å². The van der Waals surface area contributed by atoms with Crippen LogP contribution in [0.1, 0.15) is 30.1 Å². The molecule has 2 atom stereocenters. The van der Waals surface area contributed by atoms with Gasteiger partial charge in [0.1, 0.15) is 0 Å². The first-order valence-corrected chi connectivity index (χ1v) is 10.1. The van der Waals surface area contributed by atoms with Crippen molar-refractivity contribution in [3.05, 3.63) is 48.4 Å². The van der Waals surface area contributed by atoms with Crippen molar-refractivity contribution < 1.29 is 18.8 Å². The number of amides is 1. The van der Waals surface area contributed by atoms with Gasteiger partial charge in [0.2, 0.25) is 18.0 Å². The smallest absolute Gasteiger partial charge is 0.239 e. The molecule has 3 heterocycles. The number of Topliss-reactive ketones (excluding diaryl/α,β-unsaturated/α-hetero) is 2. The van der Waals surface area contributed by atoms with Crippen LogP contribution in [0.3, 0.4) is 0 Å².